The third-order valence-electron chi connectivity index (χ3n) is 7.41. The summed E-state index contributed by atoms with van der Waals surface area (Å²) in [6.45, 7) is 6.79. The molecule has 0 aliphatic carbocycles. The molecular weight excluding hydrogens is 480 g/mol. The lowest BCUT2D eigenvalue weighted by Crippen LogP contribution is -2.37. The molecule has 9 nitrogen and oxygen atoms in total. The number of aromatic nitrogens is 5. The molecule has 9 heteroatoms. The highest BCUT2D eigenvalue weighted by Gasteiger charge is 2.29. The summed E-state index contributed by atoms with van der Waals surface area (Å²) in [4.78, 5) is 18.5. The predicted molar refractivity (Wildman–Crippen MR) is 146 cm³/mol. The van der Waals surface area contributed by atoms with Gasteiger partial charge >= 0.3 is 0 Å². The lowest BCUT2D eigenvalue weighted by atomic mass is 10.1. The summed E-state index contributed by atoms with van der Waals surface area (Å²) in [5.74, 6) is 1.60. The second kappa shape index (κ2) is 11.9. The van der Waals surface area contributed by atoms with Crippen molar-refractivity contribution >= 4 is 10.9 Å². The molecule has 5 rings (SSSR count). The summed E-state index contributed by atoms with van der Waals surface area (Å²) in [5, 5.41) is 13.9. The van der Waals surface area contributed by atoms with E-state index in [1.54, 1.807) is 7.11 Å². The lowest BCUT2D eigenvalue weighted by molar-refractivity contribution is 0.0489. The number of ether oxygens (including phenoxy) is 2. The summed E-state index contributed by atoms with van der Waals surface area (Å²) >= 11 is 0. The average Bonchev–Trinajstić information content (AvgIpc) is 3.62. The van der Waals surface area contributed by atoms with Crippen LogP contribution in [-0.2, 0) is 24.2 Å². The van der Waals surface area contributed by atoms with Crippen molar-refractivity contribution in [3.63, 3.8) is 0 Å². The van der Waals surface area contributed by atoms with Crippen LogP contribution >= 0.6 is 0 Å². The van der Waals surface area contributed by atoms with Gasteiger partial charge in [0.1, 0.15) is 5.75 Å². The molecule has 1 N–H and O–H groups in total. The first-order chi connectivity index (χ1) is 18.6. The second-order valence-electron chi connectivity index (χ2n) is 9.93. The summed E-state index contributed by atoms with van der Waals surface area (Å²) in [5.41, 5.74) is 3.86. The van der Waals surface area contributed by atoms with Crippen molar-refractivity contribution in [1.82, 2.24) is 30.1 Å². The summed E-state index contributed by atoms with van der Waals surface area (Å²) in [7, 11) is 1.66. The molecule has 0 radical (unpaired) electrons. The molecule has 1 saturated heterocycles. The number of nitrogens with zero attached hydrogens (tertiary/aromatic N) is 5. The van der Waals surface area contributed by atoms with Crippen molar-refractivity contribution in [3.8, 4) is 5.75 Å². The Morgan fingerprint density at radius 2 is 1.97 bits per heavy atom. The highest BCUT2D eigenvalue weighted by molar-refractivity contribution is 5.79. The number of H-pyrrole nitrogens is 1. The van der Waals surface area contributed by atoms with Crippen LogP contribution in [0, 0.1) is 0 Å². The molecule has 200 valence electrons. The fourth-order valence-corrected chi connectivity index (χ4v) is 5.28. The van der Waals surface area contributed by atoms with Crippen molar-refractivity contribution in [1.29, 1.82) is 0 Å². The van der Waals surface area contributed by atoms with Crippen LogP contribution in [0.4, 0.5) is 0 Å². The van der Waals surface area contributed by atoms with E-state index >= 15 is 0 Å². The smallest absolute Gasteiger partial charge is 0.252 e. The summed E-state index contributed by atoms with van der Waals surface area (Å²) in [6, 6.07) is 16.1. The number of nitrogens with one attached hydrogen (secondary N) is 1. The van der Waals surface area contributed by atoms with Gasteiger partial charge in [-0.15, -0.1) is 5.10 Å². The van der Waals surface area contributed by atoms with Gasteiger partial charge in [0, 0.05) is 30.8 Å². The van der Waals surface area contributed by atoms with Crippen molar-refractivity contribution in [2.24, 2.45) is 0 Å². The Balaban J connectivity index is 1.46. The Morgan fingerprint density at radius 3 is 2.68 bits per heavy atom. The van der Waals surface area contributed by atoms with Crippen LogP contribution in [0.3, 0.4) is 0 Å². The second-order valence-corrected chi connectivity index (χ2v) is 9.93. The number of methoxy groups -OCH3 is 1. The van der Waals surface area contributed by atoms with E-state index in [0.717, 1.165) is 65.9 Å². The minimum atomic E-state index is -0.0791. The number of fused-ring (bicyclic) bond motifs is 1. The number of hydrogen-bond acceptors (Lipinski definition) is 7. The Hall–Kier alpha value is -3.56. The largest absolute Gasteiger partial charge is 0.497 e. The molecule has 4 aromatic rings. The maximum absolute atomic E-state index is 13.1. The first-order valence-electron chi connectivity index (χ1n) is 13.5. The van der Waals surface area contributed by atoms with Crippen LogP contribution in [-0.4, -0.2) is 56.5 Å². The maximum atomic E-state index is 13.1. The Bertz CT molecular complexity index is 1410. The Morgan fingerprint density at radius 1 is 1.16 bits per heavy atom. The molecule has 2 aromatic carbocycles. The van der Waals surface area contributed by atoms with Gasteiger partial charge in [0.25, 0.3) is 5.56 Å². The Kier molecular flexibility index (Phi) is 8.14. The quantitative estimate of drug-likeness (QED) is 0.318. The third kappa shape index (κ3) is 5.79. The zero-order valence-electron chi connectivity index (χ0n) is 22.4. The van der Waals surface area contributed by atoms with Crippen LogP contribution in [0.15, 0.2) is 53.3 Å². The average molecular weight is 517 g/mol. The normalized spacial score (nSPS) is 16.4. The predicted octanol–water partition coefficient (Wildman–Crippen LogP) is 4.27. The maximum Gasteiger partial charge on any atom is 0.252 e. The molecule has 3 heterocycles. The molecule has 1 aliphatic heterocycles. The van der Waals surface area contributed by atoms with Crippen molar-refractivity contribution in [2.45, 2.75) is 64.8 Å². The third-order valence-corrected chi connectivity index (χ3v) is 7.41. The number of hydrogen-bond donors (Lipinski definition) is 1. The summed E-state index contributed by atoms with van der Waals surface area (Å²) in [6.07, 6.45) is 3.94. The van der Waals surface area contributed by atoms with Gasteiger partial charge in [0.05, 0.1) is 25.8 Å². The van der Waals surface area contributed by atoms with Crippen molar-refractivity contribution in [2.75, 3.05) is 20.3 Å². The van der Waals surface area contributed by atoms with Crippen LogP contribution in [0.5, 0.6) is 5.75 Å². The number of rotatable bonds is 11. The zero-order chi connectivity index (χ0) is 26.5. The number of pyridine rings is 1. The number of benzene rings is 2. The molecule has 1 aliphatic rings. The monoisotopic (exact) mass is 516 g/mol. The molecule has 2 aromatic heterocycles. The molecule has 0 bridgehead atoms. The van der Waals surface area contributed by atoms with Gasteiger partial charge in [0.2, 0.25) is 0 Å². The van der Waals surface area contributed by atoms with E-state index in [4.69, 9.17) is 9.47 Å². The van der Waals surface area contributed by atoms with Gasteiger partial charge in [-0.25, -0.2) is 4.68 Å². The number of aryl methyl sites for hydroxylation is 1. The molecule has 0 saturated carbocycles. The van der Waals surface area contributed by atoms with E-state index in [-0.39, 0.29) is 17.7 Å². The van der Waals surface area contributed by atoms with Crippen molar-refractivity contribution in [3.05, 3.63) is 81.4 Å². The minimum Gasteiger partial charge on any atom is -0.497 e. The fraction of sp³-hybridized carbons (Fsp3) is 0.448. The van der Waals surface area contributed by atoms with E-state index in [2.05, 4.69) is 51.4 Å². The van der Waals surface area contributed by atoms with Crippen LogP contribution in [0.25, 0.3) is 10.9 Å². The van der Waals surface area contributed by atoms with Crippen LogP contribution in [0.2, 0.25) is 0 Å². The fourth-order valence-electron chi connectivity index (χ4n) is 5.28. The standard InChI is InChI=1S/C29H36N6O3/c1-4-20-10-13-26-22(15-20)16-23(29(36)30-26)18-34(19-25-7-6-14-38-25)27(5-2)28-31-32-33-35(28)17-21-8-11-24(37-3)12-9-21/h8-13,15-16,25,27H,4-7,14,17-19H2,1-3H3,(H,30,36)/t25-,27-/m1/s1. The molecule has 0 unspecified atom stereocenters. The van der Waals surface area contributed by atoms with Gasteiger partial charge in [-0.05, 0) is 83.0 Å². The van der Waals surface area contributed by atoms with Gasteiger partial charge in [-0.1, -0.05) is 32.0 Å². The van der Waals surface area contributed by atoms with E-state index in [0.29, 0.717) is 19.6 Å². The molecule has 38 heavy (non-hydrogen) atoms. The van der Waals surface area contributed by atoms with Gasteiger partial charge in [-0.2, -0.15) is 0 Å². The highest BCUT2D eigenvalue weighted by atomic mass is 16.5. The zero-order valence-corrected chi connectivity index (χ0v) is 22.4. The van der Waals surface area contributed by atoms with E-state index in [1.165, 1.54) is 5.56 Å². The SMILES string of the molecule is CCc1ccc2[nH]c(=O)c(CN(C[C@H]3CCCO3)[C@H](CC)c3nnnn3Cc3ccc(OC)cc3)cc2c1. The topological polar surface area (TPSA) is 98.2 Å². The van der Waals surface area contributed by atoms with Gasteiger partial charge in [0.15, 0.2) is 5.82 Å². The van der Waals surface area contributed by atoms with E-state index in [1.807, 2.05) is 41.1 Å². The molecule has 0 amide bonds. The highest BCUT2D eigenvalue weighted by Crippen LogP contribution is 2.27. The molecule has 1 fully saturated rings. The molecular formula is C29H36N6O3. The first-order valence-corrected chi connectivity index (χ1v) is 13.5. The van der Waals surface area contributed by atoms with E-state index < -0.39 is 0 Å². The molecule has 2 atom stereocenters. The molecule has 0 spiro atoms. The summed E-state index contributed by atoms with van der Waals surface area (Å²) < 4.78 is 13.2. The van der Waals surface area contributed by atoms with Gasteiger partial charge < -0.3 is 14.5 Å². The van der Waals surface area contributed by atoms with E-state index in [9.17, 15) is 4.79 Å². The minimum absolute atomic E-state index is 0.0632. The van der Waals surface area contributed by atoms with Crippen LogP contribution < -0.4 is 10.3 Å². The first kappa shape index (κ1) is 26.1. The van der Waals surface area contributed by atoms with Crippen molar-refractivity contribution < 1.29 is 9.47 Å². The Labute approximate surface area is 222 Å². The van der Waals surface area contributed by atoms with Crippen LogP contribution in [0.1, 0.15) is 61.7 Å². The lowest BCUT2D eigenvalue weighted by Gasteiger charge is -2.32. The number of aromatic amines is 1. The van der Waals surface area contributed by atoms with Gasteiger partial charge in [-0.3, -0.25) is 9.69 Å². The number of tetrazole rings is 1.